The van der Waals surface area contributed by atoms with E-state index in [2.05, 4.69) is 10.6 Å². The average molecular weight is 480 g/mol. The van der Waals surface area contributed by atoms with Crippen molar-refractivity contribution in [3.05, 3.63) is 79.1 Å². The number of ether oxygens (including phenoxy) is 1. The van der Waals surface area contributed by atoms with Crippen molar-refractivity contribution >= 4 is 38.7 Å². The number of hydrogen-bond donors (Lipinski definition) is 4. The topological polar surface area (TPSA) is 148 Å². The standard InChI is InChI=1S/C21H22ClN3O6S/c1-21(2,11-7-5-4-6-8-11)25-16-15(17(26)18(16)27)24-13-10-9-12(22)19(32(23,29)30)14(13)20(28)31-3/h4-10,20,24-25,28H,1-3H3,(H2,23,29,30). The number of nitrogens with two attached hydrogens (primary N) is 1. The van der Waals surface area contributed by atoms with Crippen LogP contribution in [-0.4, -0.2) is 20.6 Å². The van der Waals surface area contributed by atoms with Gasteiger partial charge >= 0.3 is 0 Å². The van der Waals surface area contributed by atoms with Gasteiger partial charge in [0, 0.05) is 12.8 Å². The summed E-state index contributed by atoms with van der Waals surface area (Å²) in [5.74, 6) is 0. The molecule has 0 amide bonds. The molecule has 1 unspecified atom stereocenters. The maximum atomic E-state index is 12.3. The Hall–Kier alpha value is -2.76. The minimum Gasteiger partial charge on any atom is -0.371 e. The van der Waals surface area contributed by atoms with Gasteiger partial charge in [-0.15, -0.1) is 0 Å². The second kappa shape index (κ2) is 8.64. The van der Waals surface area contributed by atoms with Gasteiger partial charge in [0.25, 0.3) is 10.9 Å². The predicted molar refractivity (Wildman–Crippen MR) is 123 cm³/mol. The maximum Gasteiger partial charge on any atom is 0.253 e. The van der Waals surface area contributed by atoms with Crippen LogP contribution in [0.4, 0.5) is 17.1 Å². The number of sulfonamides is 1. The van der Waals surface area contributed by atoms with E-state index in [4.69, 9.17) is 21.5 Å². The molecular formula is C21H22ClN3O6S. The summed E-state index contributed by atoms with van der Waals surface area (Å²) in [6.07, 6.45) is -1.73. The molecule has 0 aromatic heterocycles. The summed E-state index contributed by atoms with van der Waals surface area (Å²) >= 11 is 6.01. The molecule has 3 aromatic rings. The zero-order chi connectivity index (χ0) is 23.8. The van der Waals surface area contributed by atoms with Crippen LogP contribution >= 0.6 is 11.6 Å². The largest absolute Gasteiger partial charge is 0.371 e. The fourth-order valence-electron chi connectivity index (χ4n) is 3.34. The van der Waals surface area contributed by atoms with Crippen molar-refractivity contribution in [3.8, 4) is 0 Å². The first-order valence-electron chi connectivity index (χ1n) is 9.38. The number of nitrogens with one attached hydrogen (secondary N) is 2. The Morgan fingerprint density at radius 2 is 1.66 bits per heavy atom. The molecule has 0 saturated heterocycles. The van der Waals surface area contributed by atoms with Crippen molar-refractivity contribution in [3.63, 3.8) is 0 Å². The molecule has 32 heavy (non-hydrogen) atoms. The van der Waals surface area contributed by atoms with Crippen LogP contribution in [0.25, 0.3) is 0 Å². The number of anilines is 3. The summed E-state index contributed by atoms with van der Waals surface area (Å²) in [6.45, 7) is 3.68. The molecule has 0 bridgehead atoms. The Bertz CT molecular complexity index is 1330. The fourth-order valence-corrected chi connectivity index (χ4v) is 4.68. The third-order valence-electron chi connectivity index (χ3n) is 5.01. The number of rotatable bonds is 8. The lowest BCUT2D eigenvalue weighted by Gasteiger charge is -2.30. The van der Waals surface area contributed by atoms with Gasteiger partial charge in [0.15, 0.2) is 6.29 Å². The van der Waals surface area contributed by atoms with Gasteiger partial charge in [0.05, 0.1) is 16.1 Å². The van der Waals surface area contributed by atoms with E-state index in [9.17, 15) is 23.1 Å². The van der Waals surface area contributed by atoms with Crippen molar-refractivity contribution < 1.29 is 18.3 Å². The van der Waals surface area contributed by atoms with Crippen LogP contribution < -0.4 is 26.6 Å². The lowest BCUT2D eigenvalue weighted by molar-refractivity contribution is -0.0782. The summed E-state index contributed by atoms with van der Waals surface area (Å²) in [5, 5.41) is 21.1. The molecule has 170 valence electrons. The normalized spacial score (nSPS) is 13.2. The van der Waals surface area contributed by atoms with Gasteiger partial charge in [-0.3, -0.25) is 9.59 Å². The highest BCUT2D eigenvalue weighted by Gasteiger charge is 2.31. The van der Waals surface area contributed by atoms with Gasteiger partial charge < -0.3 is 20.5 Å². The highest BCUT2D eigenvalue weighted by Crippen LogP contribution is 2.37. The number of methoxy groups -OCH3 is 1. The van der Waals surface area contributed by atoms with E-state index in [-0.39, 0.29) is 27.6 Å². The zero-order valence-electron chi connectivity index (χ0n) is 17.5. The van der Waals surface area contributed by atoms with Crippen molar-refractivity contribution in [1.82, 2.24) is 0 Å². The minimum atomic E-state index is -4.36. The lowest BCUT2D eigenvalue weighted by Crippen LogP contribution is -2.41. The SMILES string of the molecule is COC(O)c1c(Nc2c(NC(C)(C)c3ccccc3)c(=O)c2=O)ccc(Cl)c1S(N)(=O)=O. The zero-order valence-corrected chi connectivity index (χ0v) is 19.0. The molecule has 0 aliphatic rings. The monoisotopic (exact) mass is 479 g/mol. The van der Waals surface area contributed by atoms with Gasteiger partial charge in [-0.25, -0.2) is 13.6 Å². The molecule has 3 rings (SSSR count). The number of primary sulfonamides is 1. The van der Waals surface area contributed by atoms with Crippen LogP contribution in [0.15, 0.2) is 56.9 Å². The third-order valence-corrected chi connectivity index (χ3v) is 6.44. The van der Waals surface area contributed by atoms with Crippen molar-refractivity contribution in [2.45, 2.75) is 30.6 Å². The van der Waals surface area contributed by atoms with Gasteiger partial charge in [0.2, 0.25) is 10.0 Å². The van der Waals surface area contributed by atoms with E-state index in [0.717, 1.165) is 12.7 Å². The molecule has 0 fully saturated rings. The van der Waals surface area contributed by atoms with Gasteiger partial charge in [-0.1, -0.05) is 41.9 Å². The Kier molecular flexibility index (Phi) is 6.45. The first kappa shape index (κ1) is 23.9. The molecule has 0 aliphatic carbocycles. The molecule has 0 saturated carbocycles. The molecule has 3 aromatic carbocycles. The molecule has 0 aliphatic heterocycles. The van der Waals surface area contributed by atoms with Crippen LogP contribution in [0, 0.1) is 0 Å². The van der Waals surface area contributed by atoms with E-state index in [1.165, 1.54) is 12.1 Å². The second-order valence-electron chi connectivity index (χ2n) is 7.62. The summed E-state index contributed by atoms with van der Waals surface area (Å²) in [6, 6.07) is 11.9. The summed E-state index contributed by atoms with van der Waals surface area (Å²) < 4.78 is 29.1. The van der Waals surface area contributed by atoms with E-state index >= 15 is 0 Å². The maximum absolute atomic E-state index is 12.3. The highest BCUT2D eigenvalue weighted by atomic mass is 35.5. The second-order valence-corrected chi connectivity index (χ2v) is 9.53. The van der Waals surface area contributed by atoms with Crippen LogP contribution in [-0.2, 0) is 20.3 Å². The van der Waals surface area contributed by atoms with Gasteiger partial charge in [-0.05, 0) is 31.5 Å². The quantitative estimate of drug-likeness (QED) is 0.284. The molecule has 9 nitrogen and oxygen atoms in total. The molecule has 0 radical (unpaired) electrons. The van der Waals surface area contributed by atoms with Gasteiger partial charge in [-0.2, -0.15) is 0 Å². The summed E-state index contributed by atoms with van der Waals surface area (Å²) in [7, 11) is -3.22. The Morgan fingerprint density at radius 3 is 2.22 bits per heavy atom. The highest BCUT2D eigenvalue weighted by molar-refractivity contribution is 7.89. The fraction of sp³-hybridized carbons (Fsp3) is 0.238. The number of aliphatic hydroxyl groups excluding tert-OH is 1. The van der Waals surface area contributed by atoms with Crippen LogP contribution in [0.1, 0.15) is 31.3 Å². The first-order valence-corrected chi connectivity index (χ1v) is 11.3. The molecule has 0 spiro atoms. The van der Waals surface area contributed by atoms with Crippen molar-refractivity contribution in [2.24, 2.45) is 5.14 Å². The van der Waals surface area contributed by atoms with E-state index < -0.39 is 37.6 Å². The number of halogens is 1. The van der Waals surface area contributed by atoms with E-state index in [0.29, 0.717) is 0 Å². The molecule has 1 atom stereocenters. The lowest BCUT2D eigenvalue weighted by atomic mass is 9.93. The van der Waals surface area contributed by atoms with Gasteiger partial charge in [0.1, 0.15) is 16.3 Å². The number of benzene rings is 2. The Morgan fingerprint density at radius 1 is 1.06 bits per heavy atom. The predicted octanol–water partition coefficient (Wildman–Crippen LogP) is 2.31. The Balaban J connectivity index is 2.08. The average Bonchev–Trinajstić information content (AvgIpc) is 2.75. The van der Waals surface area contributed by atoms with Crippen molar-refractivity contribution in [1.29, 1.82) is 0 Å². The third kappa shape index (κ3) is 4.41. The molecular weight excluding hydrogens is 458 g/mol. The van der Waals surface area contributed by atoms with Crippen LogP contribution in [0.2, 0.25) is 5.02 Å². The number of aliphatic hydroxyl groups is 1. The van der Waals surface area contributed by atoms with E-state index in [1.54, 1.807) is 0 Å². The summed E-state index contributed by atoms with van der Waals surface area (Å²) in [4.78, 5) is 24.1. The molecule has 0 heterocycles. The molecule has 11 heteroatoms. The smallest absolute Gasteiger partial charge is 0.253 e. The van der Waals surface area contributed by atoms with Crippen LogP contribution in [0.5, 0.6) is 0 Å². The first-order chi connectivity index (χ1) is 14.9. The Labute approximate surface area is 189 Å². The minimum absolute atomic E-state index is 0.0135. The number of hydrogen-bond acceptors (Lipinski definition) is 8. The van der Waals surface area contributed by atoms with Crippen LogP contribution in [0.3, 0.4) is 0 Å². The molecule has 5 N–H and O–H groups in total. The van der Waals surface area contributed by atoms with E-state index in [1.807, 2.05) is 44.2 Å². The summed E-state index contributed by atoms with van der Waals surface area (Å²) in [5.41, 5.74) is -1.74. The van der Waals surface area contributed by atoms with Crippen molar-refractivity contribution in [2.75, 3.05) is 17.7 Å².